The molecule has 0 aromatic heterocycles. The molecule has 0 fully saturated rings. The van der Waals surface area contributed by atoms with E-state index in [0.717, 1.165) is 0 Å². The van der Waals surface area contributed by atoms with E-state index in [1.807, 2.05) is 0 Å². The first-order chi connectivity index (χ1) is 11.8. The fourth-order valence-corrected chi connectivity index (χ4v) is 3.88. The quantitative estimate of drug-likeness (QED) is 0.315. The molecule has 0 spiro atoms. The van der Waals surface area contributed by atoms with Crippen molar-refractivity contribution in [1.29, 1.82) is 0 Å². The van der Waals surface area contributed by atoms with Crippen LogP contribution in [-0.2, 0) is 0 Å². The van der Waals surface area contributed by atoms with Gasteiger partial charge in [0.15, 0.2) is 0 Å². The van der Waals surface area contributed by atoms with E-state index in [9.17, 15) is 0 Å². The van der Waals surface area contributed by atoms with Gasteiger partial charge in [0, 0.05) is 5.54 Å². The third-order valence-corrected chi connectivity index (χ3v) is 5.83. The van der Waals surface area contributed by atoms with E-state index in [2.05, 4.69) is 41.7 Å². The van der Waals surface area contributed by atoms with Crippen molar-refractivity contribution in [2.75, 3.05) is 6.67 Å². The average Bonchev–Trinajstić information content (AvgIpc) is 3.15. The number of unbranched alkanes of at least 4 members (excludes halogenated alkanes) is 11. The minimum atomic E-state index is 0.238. The number of rotatable bonds is 16. The molecule has 0 saturated carbocycles. The van der Waals surface area contributed by atoms with Gasteiger partial charge >= 0.3 is 0 Å². The van der Waals surface area contributed by atoms with E-state index >= 15 is 0 Å². The van der Waals surface area contributed by atoms with E-state index in [4.69, 9.17) is 0 Å². The third-order valence-electron chi connectivity index (χ3n) is 5.83. The minimum Gasteiger partial charge on any atom is -0.219 e. The zero-order valence-corrected chi connectivity index (χ0v) is 16.7. The van der Waals surface area contributed by atoms with Gasteiger partial charge in [0.2, 0.25) is 0 Å². The molecular formula is C20H42N4. The summed E-state index contributed by atoms with van der Waals surface area (Å²) in [6, 6.07) is 0. The molecule has 0 radical (unpaired) electrons. The van der Waals surface area contributed by atoms with Crippen LogP contribution < -0.4 is 5.53 Å². The molecule has 1 aliphatic heterocycles. The molecule has 0 unspecified atom stereocenters. The fraction of sp³-hybridized carbons (Fsp3) is 1.00. The Morgan fingerprint density at radius 2 is 1.25 bits per heavy atom. The number of hydrogen-bond acceptors (Lipinski definition) is 4. The van der Waals surface area contributed by atoms with Crippen LogP contribution in [0.2, 0.25) is 0 Å². The molecule has 0 aliphatic carbocycles. The number of nitrogens with one attached hydrogen (secondary N) is 1. The lowest BCUT2D eigenvalue weighted by Crippen LogP contribution is -2.51. The molecule has 4 heteroatoms. The maximum Gasteiger partial charge on any atom is 0.134 e. The minimum absolute atomic E-state index is 0.238. The van der Waals surface area contributed by atoms with Gasteiger partial charge in [-0.25, -0.2) is 5.53 Å². The maximum absolute atomic E-state index is 4.08. The molecule has 0 atom stereocenters. The zero-order valence-electron chi connectivity index (χ0n) is 16.7. The average molecular weight is 339 g/mol. The van der Waals surface area contributed by atoms with E-state index in [-0.39, 0.29) is 5.54 Å². The van der Waals surface area contributed by atoms with Crippen molar-refractivity contribution >= 4 is 0 Å². The second-order valence-corrected chi connectivity index (χ2v) is 7.48. The Balaban J connectivity index is 1.98. The highest BCUT2D eigenvalue weighted by atomic mass is 15.8. The molecule has 4 nitrogen and oxygen atoms in total. The van der Waals surface area contributed by atoms with Crippen LogP contribution in [0, 0.1) is 0 Å². The van der Waals surface area contributed by atoms with Crippen molar-refractivity contribution in [3.8, 4) is 0 Å². The summed E-state index contributed by atoms with van der Waals surface area (Å²) >= 11 is 0. The smallest absolute Gasteiger partial charge is 0.134 e. The fourth-order valence-electron chi connectivity index (χ4n) is 3.88. The SMILES string of the molecule is CCCCCCCCCCCCCCC(CC)(CC)N1CN=NN1. The van der Waals surface area contributed by atoms with Gasteiger partial charge in [0.25, 0.3) is 0 Å². The van der Waals surface area contributed by atoms with Gasteiger partial charge < -0.3 is 0 Å². The summed E-state index contributed by atoms with van der Waals surface area (Å²) in [7, 11) is 0. The van der Waals surface area contributed by atoms with Gasteiger partial charge in [-0.2, -0.15) is 10.1 Å². The van der Waals surface area contributed by atoms with Crippen LogP contribution in [0.1, 0.15) is 117 Å². The van der Waals surface area contributed by atoms with Crippen LogP contribution in [0.15, 0.2) is 10.3 Å². The van der Waals surface area contributed by atoms with E-state index in [1.54, 1.807) is 0 Å². The normalized spacial score (nSPS) is 15.1. The number of nitrogens with zero attached hydrogens (tertiary/aromatic N) is 3. The summed E-state index contributed by atoms with van der Waals surface area (Å²) < 4.78 is 0. The molecular weight excluding hydrogens is 296 g/mol. The summed E-state index contributed by atoms with van der Waals surface area (Å²) in [5.41, 5.74) is 3.32. The molecule has 0 aromatic rings. The van der Waals surface area contributed by atoms with Crippen molar-refractivity contribution in [1.82, 2.24) is 10.5 Å². The first-order valence-electron chi connectivity index (χ1n) is 10.7. The molecule has 0 bridgehead atoms. The van der Waals surface area contributed by atoms with Gasteiger partial charge in [-0.05, 0) is 19.3 Å². The number of hydrazine groups is 1. The highest BCUT2D eigenvalue weighted by Gasteiger charge is 2.34. The lowest BCUT2D eigenvalue weighted by Gasteiger charge is -2.39. The van der Waals surface area contributed by atoms with Gasteiger partial charge in [0.1, 0.15) is 6.67 Å². The predicted octanol–water partition coefficient (Wildman–Crippen LogP) is 6.78. The first kappa shape index (κ1) is 21.4. The van der Waals surface area contributed by atoms with Crippen LogP contribution in [0.5, 0.6) is 0 Å². The summed E-state index contributed by atoms with van der Waals surface area (Å²) in [6.07, 6.45) is 20.6. The van der Waals surface area contributed by atoms with Crippen molar-refractivity contribution in [3.05, 3.63) is 0 Å². The second-order valence-electron chi connectivity index (χ2n) is 7.48. The second kappa shape index (κ2) is 13.6. The molecule has 1 aliphatic rings. The van der Waals surface area contributed by atoms with Gasteiger partial charge in [0.05, 0.1) is 0 Å². The molecule has 0 saturated heterocycles. The molecule has 0 amide bonds. The van der Waals surface area contributed by atoms with Crippen molar-refractivity contribution < 1.29 is 0 Å². The Labute approximate surface area is 150 Å². The Hall–Kier alpha value is -0.640. The zero-order chi connectivity index (χ0) is 17.5. The van der Waals surface area contributed by atoms with Crippen LogP contribution in [0.3, 0.4) is 0 Å². The first-order valence-corrected chi connectivity index (χ1v) is 10.7. The Kier molecular flexibility index (Phi) is 12.2. The molecule has 0 aromatic carbocycles. The molecule has 1 heterocycles. The van der Waals surface area contributed by atoms with Crippen LogP contribution >= 0.6 is 0 Å². The Morgan fingerprint density at radius 3 is 1.67 bits per heavy atom. The van der Waals surface area contributed by atoms with Crippen molar-refractivity contribution in [2.45, 2.75) is 123 Å². The van der Waals surface area contributed by atoms with Crippen LogP contribution in [-0.4, -0.2) is 17.2 Å². The van der Waals surface area contributed by atoms with Gasteiger partial charge in [-0.3, -0.25) is 0 Å². The van der Waals surface area contributed by atoms with E-state index in [1.165, 1.54) is 96.3 Å². The largest absolute Gasteiger partial charge is 0.219 e. The van der Waals surface area contributed by atoms with Gasteiger partial charge in [-0.1, -0.05) is 103 Å². The Bertz CT molecular complexity index is 305. The molecule has 24 heavy (non-hydrogen) atoms. The van der Waals surface area contributed by atoms with E-state index < -0.39 is 0 Å². The molecule has 1 rings (SSSR count). The summed E-state index contributed by atoms with van der Waals surface area (Å²) in [5, 5.41) is 10.3. The topological polar surface area (TPSA) is 40.0 Å². The monoisotopic (exact) mass is 338 g/mol. The maximum atomic E-state index is 4.08. The van der Waals surface area contributed by atoms with Gasteiger partial charge in [-0.15, -0.1) is 0 Å². The lowest BCUT2D eigenvalue weighted by molar-refractivity contribution is 0.0399. The number of hydrogen-bond donors (Lipinski definition) is 1. The summed E-state index contributed by atoms with van der Waals surface area (Å²) in [6.45, 7) is 7.59. The lowest BCUT2D eigenvalue weighted by atomic mass is 9.86. The van der Waals surface area contributed by atoms with E-state index in [0.29, 0.717) is 6.67 Å². The molecule has 142 valence electrons. The van der Waals surface area contributed by atoms with Crippen molar-refractivity contribution in [3.63, 3.8) is 0 Å². The third kappa shape index (κ3) is 7.96. The van der Waals surface area contributed by atoms with Crippen molar-refractivity contribution in [2.24, 2.45) is 10.3 Å². The highest BCUT2D eigenvalue weighted by Crippen LogP contribution is 2.30. The van der Waals surface area contributed by atoms with Crippen LogP contribution in [0.25, 0.3) is 0 Å². The predicted molar refractivity (Wildman–Crippen MR) is 104 cm³/mol. The standard InChI is InChI=1S/C20H42N4/c1-4-7-8-9-10-11-12-13-14-15-16-17-18-20(5-2,6-3)24-19-21-22-23-24/h4-19H2,1-3H3,(H,21,23). The molecule has 1 N–H and O–H groups in total. The summed E-state index contributed by atoms with van der Waals surface area (Å²) in [5.74, 6) is 0. The summed E-state index contributed by atoms with van der Waals surface area (Å²) in [4.78, 5) is 0. The van der Waals surface area contributed by atoms with Crippen LogP contribution in [0.4, 0.5) is 0 Å². The Morgan fingerprint density at radius 1 is 0.750 bits per heavy atom. The highest BCUT2D eigenvalue weighted by molar-refractivity contribution is 4.86.